The van der Waals surface area contributed by atoms with Gasteiger partial charge in [-0.15, -0.1) is 0 Å². The highest BCUT2D eigenvalue weighted by molar-refractivity contribution is 5.23. The van der Waals surface area contributed by atoms with Gasteiger partial charge in [-0.3, -0.25) is 4.90 Å². The van der Waals surface area contributed by atoms with E-state index >= 15 is 0 Å². The second-order valence-corrected chi connectivity index (χ2v) is 4.99. The van der Waals surface area contributed by atoms with Crippen molar-refractivity contribution in [3.8, 4) is 0 Å². The number of nitrogens with zero attached hydrogens (tertiary/aromatic N) is 1. The van der Waals surface area contributed by atoms with E-state index in [9.17, 15) is 4.39 Å². The number of morpholine rings is 1. The fraction of sp³-hybridized carbons (Fsp3) is 0.571. The van der Waals surface area contributed by atoms with Crippen LogP contribution in [0.3, 0.4) is 0 Å². The van der Waals surface area contributed by atoms with Crippen LogP contribution in [0.25, 0.3) is 0 Å². The molecule has 1 aliphatic heterocycles. The lowest BCUT2D eigenvalue weighted by Crippen LogP contribution is -2.50. The molecule has 3 atom stereocenters. The van der Waals surface area contributed by atoms with E-state index in [0.717, 1.165) is 6.54 Å². The second-order valence-electron chi connectivity index (χ2n) is 4.99. The molecule has 3 unspecified atom stereocenters. The van der Waals surface area contributed by atoms with Gasteiger partial charge in [0.05, 0.1) is 19.3 Å². The molecule has 100 valence electrons. The Bertz CT molecular complexity index is 397. The maximum Gasteiger partial charge on any atom is 0.128 e. The summed E-state index contributed by atoms with van der Waals surface area (Å²) in [6, 6.07) is 6.93. The highest BCUT2D eigenvalue weighted by Gasteiger charge is 2.31. The lowest BCUT2D eigenvalue weighted by molar-refractivity contribution is -0.0275. The van der Waals surface area contributed by atoms with Crippen LogP contribution in [0.5, 0.6) is 0 Å². The molecule has 0 saturated carbocycles. The third-order valence-corrected chi connectivity index (χ3v) is 3.50. The Hall–Kier alpha value is -0.970. The molecular weight excluding hydrogens is 231 g/mol. The van der Waals surface area contributed by atoms with E-state index in [1.165, 1.54) is 6.07 Å². The van der Waals surface area contributed by atoms with Crippen LogP contribution in [0.4, 0.5) is 4.39 Å². The quantitative estimate of drug-likeness (QED) is 0.893. The summed E-state index contributed by atoms with van der Waals surface area (Å²) >= 11 is 0. The van der Waals surface area contributed by atoms with Gasteiger partial charge in [-0.2, -0.15) is 0 Å². The number of benzene rings is 1. The molecule has 4 heteroatoms. The fourth-order valence-corrected chi connectivity index (χ4v) is 2.63. The van der Waals surface area contributed by atoms with E-state index in [2.05, 4.69) is 11.8 Å². The maximum absolute atomic E-state index is 14.0. The van der Waals surface area contributed by atoms with Crippen LogP contribution in [0.2, 0.25) is 0 Å². The van der Waals surface area contributed by atoms with E-state index in [1.54, 1.807) is 6.07 Å². The van der Waals surface area contributed by atoms with Gasteiger partial charge in [-0.05, 0) is 19.9 Å². The van der Waals surface area contributed by atoms with E-state index in [4.69, 9.17) is 10.5 Å². The van der Waals surface area contributed by atoms with Crippen molar-refractivity contribution < 1.29 is 9.13 Å². The summed E-state index contributed by atoms with van der Waals surface area (Å²) in [5, 5.41) is 0. The molecule has 3 nitrogen and oxygen atoms in total. The van der Waals surface area contributed by atoms with Crippen LogP contribution in [-0.4, -0.2) is 36.7 Å². The number of halogens is 1. The minimum absolute atomic E-state index is 0.0925. The van der Waals surface area contributed by atoms with Crippen molar-refractivity contribution in [3.05, 3.63) is 35.6 Å². The van der Waals surface area contributed by atoms with Crippen molar-refractivity contribution in [2.45, 2.75) is 32.0 Å². The molecule has 1 heterocycles. The molecule has 1 aromatic carbocycles. The van der Waals surface area contributed by atoms with Crippen LogP contribution in [0, 0.1) is 5.82 Å². The Labute approximate surface area is 108 Å². The monoisotopic (exact) mass is 252 g/mol. The van der Waals surface area contributed by atoms with Gasteiger partial charge in [0.1, 0.15) is 5.82 Å². The van der Waals surface area contributed by atoms with Gasteiger partial charge in [0, 0.05) is 24.2 Å². The summed E-state index contributed by atoms with van der Waals surface area (Å²) in [5.74, 6) is -0.182. The van der Waals surface area contributed by atoms with E-state index in [1.807, 2.05) is 19.1 Å². The smallest absolute Gasteiger partial charge is 0.128 e. The zero-order valence-corrected chi connectivity index (χ0v) is 11.0. The third kappa shape index (κ3) is 2.71. The topological polar surface area (TPSA) is 38.5 Å². The summed E-state index contributed by atoms with van der Waals surface area (Å²) in [6.07, 6.45) is 0. The van der Waals surface area contributed by atoms with Crippen molar-refractivity contribution in [1.29, 1.82) is 0 Å². The predicted molar refractivity (Wildman–Crippen MR) is 69.8 cm³/mol. The molecule has 0 aliphatic carbocycles. The zero-order valence-electron chi connectivity index (χ0n) is 11.0. The highest BCUT2D eigenvalue weighted by Crippen LogP contribution is 2.28. The molecule has 1 aliphatic rings. The lowest BCUT2D eigenvalue weighted by Gasteiger charge is -2.41. The van der Waals surface area contributed by atoms with E-state index in [-0.39, 0.29) is 23.9 Å². The third-order valence-electron chi connectivity index (χ3n) is 3.50. The van der Waals surface area contributed by atoms with E-state index < -0.39 is 0 Å². The molecule has 18 heavy (non-hydrogen) atoms. The molecule has 1 aromatic rings. The Morgan fingerprint density at radius 1 is 1.44 bits per heavy atom. The van der Waals surface area contributed by atoms with Crippen molar-refractivity contribution in [3.63, 3.8) is 0 Å². The highest BCUT2D eigenvalue weighted by atomic mass is 19.1. The van der Waals surface area contributed by atoms with Crippen LogP contribution in [0.1, 0.15) is 25.5 Å². The van der Waals surface area contributed by atoms with Gasteiger partial charge in [-0.25, -0.2) is 4.39 Å². The molecule has 0 spiro atoms. The predicted octanol–water partition coefficient (Wildman–Crippen LogP) is 1.93. The molecule has 0 aromatic heterocycles. The molecule has 0 amide bonds. The van der Waals surface area contributed by atoms with Crippen molar-refractivity contribution in [2.75, 3.05) is 19.8 Å². The number of ether oxygens (including phenoxy) is 1. The molecule has 2 rings (SSSR count). The normalized spacial score (nSPS) is 24.8. The Kier molecular flexibility index (Phi) is 4.32. The minimum atomic E-state index is -0.182. The molecule has 1 fully saturated rings. The SMILES string of the molecule is CC(N)C(c1ccccc1F)N1CCOCC1C. The molecule has 0 radical (unpaired) electrons. The van der Waals surface area contributed by atoms with Gasteiger partial charge in [-0.1, -0.05) is 18.2 Å². The number of rotatable bonds is 3. The van der Waals surface area contributed by atoms with Crippen LogP contribution in [0.15, 0.2) is 24.3 Å². The average molecular weight is 252 g/mol. The second kappa shape index (κ2) is 5.78. The lowest BCUT2D eigenvalue weighted by atomic mass is 9.96. The molecule has 1 saturated heterocycles. The fourth-order valence-electron chi connectivity index (χ4n) is 2.63. The average Bonchev–Trinajstić information content (AvgIpc) is 2.34. The van der Waals surface area contributed by atoms with E-state index in [0.29, 0.717) is 18.8 Å². The summed E-state index contributed by atoms with van der Waals surface area (Å²) < 4.78 is 19.4. The van der Waals surface area contributed by atoms with Gasteiger partial charge < -0.3 is 10.5 Å². The van der Waals surface area contributed by atoms with Gasteiger partial charge in [0.2, 0.25) is 0 Å². The largest absolute Gasteiger partial charge is 0.379 e. The Morgan fingerprint density at radius 2 is 2.17 bits per heavy atom. The Balaban J connectivity index is 2.31. The summed E-state index contributed by atoms with van der Waals surface area (Å²) in [4.78, 5) is 2.24. The number of nitrogens with two attached hydrogens (primary N) is 1. The summed E-state index contributed by atoms with van der Waals surface area (Å²) in [7, 11) is 0. The first-order valence-electron chi connectivity index (χ1n) is 6.44. The molecule has 0 bridgehead atoms. The minimum Gasteiger partial charge on any atom is -0.379 e. The first kappa shape index (κ1) is 13.5. The molecular formula is C14H21FN2O. The van der Waals surface area contributed by atoms with Gasteiger partial charge in [0.15, 0.2) is 0 Å². The first-order chi connectivity index (χ1) is 8.61. The van der Waals surface area contributed by atoms with Crippen molar-refractivity contribution >= 4 is 0 Å². The maximum atomic E-state index is 14.0. The van der Waals surface area contributed by atoms with Crippen molar-refractivity contribution in [1.82, 2.24) is 4.90 Å². The summed E-state index contributed by atoms with van der Waals surface area (Å²) in [5.41, 5.74) is 6.76. The summed E-state index contributed by atoms with van der Waals surface area (Å²) in [6.45, 7) is 6.18. The number of hydrogen-bond donors (Lipinski definition) is 1. The zero-order chi connectivity index (χ0) is 13.1. The van der Waals surface area contributed by atoms with Gasteiger partial charge >= 0.3 is 0 Å². The Morgan fingerprint density at radius 3 is 2.78 bits per heavy atom. The van der Waals surface area contributed by atoms with Crippen LogP contribution in [-0.2, 0) is 4.74 Å². The van der Waals surface area contributed by atoms with Crippen LogP contribution >= 0.6 is 0 Å². The van der Waals surface area contributed by atoms with Crippen LogP contribution < -0.4 is 5.73 Å². The van der Waals surface area contributed by atoms with Gasteiger partial charge in [0.25, 0.3) is 0 Å². The standard InChI is InChI=1S/C14H21FN2O/c1-10-9-18-8-7-17(10)14(11(2)16)12-5-3-4-6-13(12)15/h3-6,10-11,14H,7-9,16H2,1-2H3. The van der Waals surface area contributed by atoms with Crippen molar-refractivity contribution in [2.24, 2.45) is 5.73 Å². The molecule has 2 N–H and O–H groups in total. The number of hydrogen-bond acceptors (Lipinski definition) is 3. The first-order valence-corrected chi connectivity index (χ1v) is 6.44.